The molecule has 2 rings (SSSR count). The highest BCUT2D eigenvalue weighted by atomic mass is 32.2. The second kappa shape index (κ2) is 23.2. The van der Waals surface area contributed by atoms with Crippen LogP contribution >= 0.6 is 0 Å². The molecule has 13 heteroatoms. The zero-order valence-electron chi connectivity index (χ0n) is 32.4. The van der Waals surface area contributed by atoms with Crippen LogP contribution in [0, 0.1) is 31.6 Å². The number of benzene rings is 2. The van der Waals surface area contributed by atoms with Gasteiger partial charge in [-0.2, -0.15) is 0 Å². The third-order valence-electron chi connectivity index (χ3n) is 8.95. The third kappa shape index (κ3) is 17.9. The number of ketones is 1. The van der Waals surface area contributed by atoms with Crippen LogP contribution in [0.4, 0.5) is 0 Å². The van der Waals surface area contributed by atoms with Crippen LogP contribution in [0.3, 0.4) is 0 Å². The molecule has 2 aromatic carbocycles. The number of aliphatic hydroxyl groups is 1. The van der Waals surface area contributed by atoms with Gasteiger partial charge < -0.3 is 21.1 Å². The first-order valence-corrected chi connectivity index (χ1v) is 20.1. The lowest BCUT2D eigenvalue weighted by molar-refractivity contribution is -0.129. The van der Waals surface area contributed by atoms with Gasteiger partial charge in [-0.25, -0.2) is 8.42 Å². The first kappa shape index (κ1) is 45.5. The van der Waals surface area contributed by atoms with Gasteiger partial charge in [0.1, 0.15) is 11.8 Å². The molecule has 0 spiro atoms. The van der Waals surface area contributed by atoms with E-state index in [1.807, 2.05) is 95.3 Å². The second-order valence-electron chi connectivity index (χ2n) is 14.2. The fourth-order valence-electron chi connectivity index (χ4n) is 5.59. The molecule has 0 radical (unpaired) electrons. The van der Waals surface area contributed by atoms with Crippen molar-refractivity contribution < 1.29 is 37.5 Å². The van der Waals surface area contributed by atoms with E-state index in [0.29, 0.717) is 0 Å². The summed E-state index contributed by atoms with van der Waals surface area (Å²) in [5.41, 5.74) is 3.96. The number of carbonyl (C=O) groups is 5. The number of hydrogen-bond acceptors (Lipinski definition) is 8. The molecule has 0 aliphatic heterocycles. The van der Waals surface area contributed by atoms with Crippen molar-refractivity contribution in [3.05, 3.63) is 89.0 Å². The van der Waals surface area contributed by atoms with Crippen molar-refractivity contribution >= 4 is 45.5 Å². The van der Waals surface area contributed by atoms with E-state index in [4.69, 9.17) is 0 Å². The Morgan fingerprint density at radius 3 is 2.26 bits per heavy atom. The van der Waals surface area contributed by atoms with Crippen molar-refractivity contribution in [2.45, 2.75) is 91.7 Å². The summed E-state index contributed by atoms with van der Waals surface area (Å²) in [4.78, 5) is 63.7. The Morgan fingerprint density at radius 1 is 0.907 bits per heavy atom. The zero-order chi connectivity index (χ0) is 40.3. The van der Waals surface area contributed by atoms with Gasteiger partial charge in [0, 0.05) is 51.1 Å². The van der Waals surface area contributed by atoms with E-state index in [1.54, 1.807) is 6.08 Å². The van der Waals surface area contributed by atoms with Crippen LogP contribution in [0.25, 0.3) is 6.08 Å². The molecule has 0 unspecified atom stereocenters. The van der Waals surface area contributed by atoms with E-state index >= 15 is 0 Å². The van der Waals surface area contributed by atoms with E-state index in [-0.39, 0.29) is 75.0 Å². The maximum Gasteiger partial charge on any atom is 0.244 e. The lowest BCUT2D eigenvalue weighted by Gasteiger charge is -2.20. The summed E-state index contributed by atoms with van der Waals surface area (Å²) in [5, 5.41) is 18.5. The lowest BCUT2D eigenvalue weighted by Crippen LogP contribution is -2.48. The molecule has 0 saturated carbocycles. The number of aryl methyl sites for hydroxylation is 2. The van der Waals surface area contributed by atoms with E-state index in [1.165, 1.54) is 13.1 Å². The van der Waals surface area contributed by atoms with E-state index < -0.39 is 51.6 Å². The van der Waals surface area contributed by atoms with Crippen molar-refractivity contribution in [2.75, 3.05) is 19.3 Å². The van der Waals surface area contributed by atoms with E-state index in [0.717, 1.165) is 22.3 Å². The summed E-state index contributed by atoms with van der Waals surface area (Å²) in [6, 6.07) is 14.5. The second-order valence-corrected chi connectivity index (χ2v) is 16.0. The smallest absolute Gasteiger partial charge is 0.244 e. The molecule has 0 heterocycles. The maximum atomic E-state index is 13.4. The topological polar surface area (TPSA) is 188 Å². The highest BCUT2D eigenvalue weighted by Crippen LogP contribution is 2.18. The Bertz CT molecular complexity index is 1720. The number of nitrogens with one attached hydrogen (secondary N) is 4. The fourth-order valence-corrected chi connectivity index (χ4v) is 6.69. The molecule has 0 aromatic heterocycles. The van der Waals surface area contributed by atoms with E-state index in [2.05, 4.69) is 20.7 Å². The molecular formula is C41H58N4O8S. The van der Waals surface area contributed by atoms with Gasteiger partial charge in [0.05, 0.1) is 11.9 Å². The minimum absolute atomic E-state index is 0.00354. The molecule has 2 aromatic rings. The van der Waals surface area contributed by atoms with Gasteiger partial charge in [-0.3, -0.25) is 28.7 Å². The standard InChI is InChI=1S/C41H58N4O8S/c1-28(2)24-34(40(50)45-54(52,53)23-11-16-38(48)42-6)27-35(46)21-22-43-41(51)36(26-33-20-17-29(3)31(5)25-33)44-39(49)15-10-14-37(47)30(4)18-19-32-12-8-7-9-13-32/h7-10,12-13,15,17-20,25,28,30,34,36-37,47H,11,14,16,21-24,26-27H2,1-6H3,(H,42,48)(H,43,51)(H,44,49)(H,45,50)/b15-10+,19-18+/t30-,34-,36-,37+/m1/s1. The number of Topliss-reactive ketones (excluding diaryl/α,β-unsaturated/α-hetero) is 1. The molecule has 0 bridgehead atoms. The first-order chi connectivity index (χ1) is 25.5. The third-order valence-corrected chi connectivity index (χ3v) is 10.3. The normalized spacial score (nSPS) is 14.0. The summed E-state index contributed by atoms with van der Waals surface area (Å²) in [7, 11) is -2.56. The van der Waals surface area contributed by atoms with Crippen LogP contribution in [-0.4, -0.2) is 74.4 Å². The Balaban J connectivity index is 2.01. The van der Waals surface area contributed by atoms with Crippen molar-refractivity contribution in [1.82, 2.24) is 20.7 Å². The minimum Gasteiger partial charge on any atom is -0.392 e. The van der Waals surface area contributed by atoms with Crippen LogP contribution in [0.2, 0.25) is 0 Å². The molecule has 0 fully saturated rings. The number of aliphatic hydroxyl groups excluding tert-OH is 1. The monoisotopic (exact) mass is 766 g/mol. The van der Waals surface area contributed by atoms with Gasteiger partial charge >= 0.3 is 0 Å². The number of hydrogen-bond donors (Lipinski definition) is 5. The number of rotatable bonds is 23. The Hall–Kier alpha value is -4.62. The Kier molecular flexibility index (Phi) is 19.6. The molecule has 0 aliphatic carbocycles. The molecule has 5 N–H and O–H groups in total. The highest BCUT2D eigenvalue weighted by Gasteiger charge is 2.27. The zero-order valence-corrected chi connectivity index (χ0v) is 33.2. The van der Waals surface area contributed by atoms with Gasteiger partial charge in [-0.05, 0) is 67.4 Å². The number of carbonyl (C=O) groups excluding carboxylic acids is 5. The first-order valence-electron chi connectivity index (χ1n) is 18.5. The number of sulfonamides is 1. The summed E-state index contributed by atoms with van der Waals surface area (Å²) in [5.74, 6) is -3.92. The number of amides is 4. The van der Waals surface area contributed by atoms with Crippen LogP contribution in [0.1, 0.15) is 81.5 Å². The molecule has 12 nitrogen and oxygen atoms in total. The Labute approximate surface area is 320 Å². The molecule has 4 amide bonds. The molecule has 0 saturated heterocycles. The van der Waals surface area contributed by atoms with Crippen LogP contribution in [0.5, 0.6) is 0 Å². The van der Waals surface area contributed by atoms with Crippen LogP contribution in [-0.2, 0) is 40.4 Å². The summed E-state index contributed by atoms with van der Waals surface area (Å²) in [6.07, 6.45) is 6.38. The van der Waals surface area contributed by atoms with Crippen molar-refractivity contribution in [3.63, 3.8) is 0 Å². The fraction of sp³-hybridized carbons (Fsp3) is 0.488. The van der Waals surface area contributed by atoms with Gasteiger partial charge in [-0.1, -0.05) is 87.5 Å². The van der Waals surface area contributed by atoms with Crippen LogP contribution < -0.4 is 20.7 Å². The Morgan fingerprint density at radius 2 is 1.61 bits per heavy atom. The SMILES string of the molecule is CNC(=O)CCCS(=O)(=O)NC(=O)[C@@H](CC(=O)CCNC(=O)[C@@H](Cc1ccc(C)c(C)c1)NC(=O)/C=C/C[C@H](O)[C@H](C)/C=C/c1ccccc1)CC(C)C. The molecule has 0 aliphatic rings. The van der Waals surface area contributed by atoms with Crippen LogP contribution in [0.15, 0.2) is 66.8 Å². The quantitative estimate of drug-likeness (QED) is 0.105. The molecule has 54 heavy (non-hydrogen) atoms. The average Bonchev–Trinajstić information content (AvgIpc) is 3.11. The van der Waals surface area contributed by atoms with Gasteiger partial charge in [0.15, 0.2) is 0 Å². The summed E-state index contributed by atoms with van der Waals surface area (Å²) in [6.45, 7) is 9.48. The minimum atomic E-state index is -4.01. The van der Waals surface area contributed by atoms with Crippen molar-refractivity contribution in [1.29, 1.82) is 0 Å². The van der Waals surface area contributed by atoms with Crippen molar-refractivity contribution in [2.24, 2.45) is 17.8 Å². The predicted octanol–water partition coefficient (Wildman–Crippen LogP) is 4.09. The van der Waals surface area contributed by atoms with Gasteiger partial charge in [-0.15, -0.1) is 0 Å². The molecular weight excluding hydrogens is 709 g/mol. The van der Waals surface area contributed by atoms with Gasteiger partial charge in [0.25, 0.3) is 0 Å². The lowest BCUT2D eigenvalue weighted by atomic mass is 9.91. The van der Waals surface area contributed by atoms with Crippen molar-refractivity contribution in [3.8, 4) is 0 Å². The maximum absolute atomic E-state index is 13.4. The summed E-state index contributed by atoms with van der Waals surface area (Å²) < 4.78 is 27.0. The van der Waals surface area contributed by atoms with Gasteiger partial charge in [0.2, 0.25) is 33.7 Å². The average molecular weight is 767 g/mol. The molecule has 4 atom stereocenters. The summed E-state index contributed by atoms with van der Waals surface area (Å²) >= 11 is 0. The largest absolute Gasteiger partial charge is 0.392 e. The molecule has 296 valence electrons. The highest BCUT2D eigenvalue weighted by molar-refractivity contribution is 7.90. The predicted molar refractivity (Wildman–Crippen MR) is 211 cm³/mol. The van der Waals surface area contributed by atoms with E-state index in [9.17, 15) is 37.5 Å².